The molecule has 9 heteroatoms. The van der Waals surface area contributed by atoms with E-state index in [2.05, 4.69) is 31.0 Å². The summed E-state index contributed by atoms with van der Waals surface area (Å²) >= 11 is 1.61. The zero-order valence-electron chi connectivity index (χ0n) is 19.0. The maximum atomic E-state index is 13.0. The van der Waals surface area contributed by atoms with Gasteiger partial charge in [0.15, 0.2) is 0 Å². The Morgan fingerprint density at radius 1 is 1.09 bits per heavy atom. The molecule has 3 aromatic rings. The van der Waals surface area contributed by atoms with Gasteiger partial charge in [0.25, 0.3) is 5.91 Å². The quantitative estimate of drug-likeness (QED) is 0.339. The topological polar surface area (TPSA) is 84.5 Å². The van der Waals surface area contributed by atoms with Crippen molar-refractivity contribution in [1.29, 1.82) is 0 Å². The molecule has 2 N–H and O–H groups in total. The van der Waals surface area contributed by atoms with Crippen molar-refractivity contribution in [1.82, 2.24) is 10.2 Å². The second-order valence-corrected chi connectivity index (χ2v) is 16.8. The molecule has 0 saturated carbocycles. The van der Waals surface area contributed by atoms with E-state index in [0.29, 0.717) is 11.1 Å². The van der Waals surface area contributed by atoms with Gasteiger partial charge in [-0.3, -0.25) is 4.79 Å². The van der Waals surface area contributed by atoms with E-state index < -0.39 is 30.3 Å². The number of fused-ring (bicyclic) bond motifs is 1. The highest BCUT2D eigenvalue weighted by Crippen LogP contribution is 2.36. The Morgan fingerprint density at radius 2 is 1.78 bits per heavy atom. The van der Waals surface area contributed by atoms with Gasteiger partial charge in [-0.15, -0.1) is 11.3 Å². The molecule has 1 heterocycles. The van der Waals surface area contributed by atoms with Crippen LogP contribution in [0.4, 0.5) is 0 Å². The van der Waals surface area contributed by atoms with Crippen LogP contribution in [-0.4, -0.2) is 22.6 Å². The number of hydrogen-bond acceptors (Lipinski definition) is 5. The molecule has 32 heavy (non-hydrogen) atoms. The molecule has 1 aromatic heterocycles. The molecule has 0 saturated heterocycles. The molecule has 0 aliphatic heterocycles. The lowest BCUT2D eigenvalue weighted by molar-refractivity contribution is -0.130. The molecule has 0 spiro atoms. The second kappa shape index (κ2) is 9.44. The first-order chi connectivity index (χ1) is 14.9. The van der Waals surface area contributed by atoms with Crippen molar-refractivity contribution < 1.29 is 17.7 Å². The van der Waals surface area contributed by atoms with Gasteiger partial charge in [0.2, 0.25) is 18.3 Å². The summed E-state index contributed by atoms with van der Waals surface area (Å²) in [4.78, 5) is 13.0. The van der Waals surface area contributed by atoms with Gasteiger partial charge in [-0.1, -0.05) is 57.2 Å². The average molecular weight is 491 g/mol. The summed E-state index contributed by atoms with van der Waals surface area (Å²) < 4.78 is 35.5. The molecule has 0 bridgehead atoms. The monoisotopic (exact) mass is 490 g/mol. The lowest BCUT2D eigenvalue weighted by Crippen LogP contribution is -2.49. The van der Waals surface area contributed by atoms with Crippen LogP contribution in [0, 0.1) is 0 Å². The summed E-state index contributed by atoms with van der Waals surface area (Å²) in [5, 5.41) is 2.87. The Morgan fingerprint density at radius 3 is 2.44 bits per heavy atom. The predicted octanol–water partition coefficient (Wildman–Crippen LogP) is 5.12. The Kier molecular flexibility index (Phi) is 7.26. The molecule has 1 atom stereocenters. The number of rotatable bonds is 8. The average Bonchev–Trinajstić information content (AvgIpc) is 3.17. The van der Waals surface area contributed by atoms with Crippen molar-refractivity contribution in [3.8, 4) is 0 Å². The summed E-state index contributed by atoms with van der Waals surface area (Å²) in [5.74, 6) is -0.767. The standard InChI is InChI=1S/C23H30N2O4S2Si/c1-23(2,3)32(4,5)29-24-22(26)21(18-9-7-6-8-10-18)25-31(27,28)16-17-11-12-20-19(15-17)13-14-30-20/h6-15,21,25H,16H2,1-5H3,(H,24,26). The van der Waals surface area contributed by atoms with Gasteiger partial charge in [0.05, 0.1) is 5.75 Å². The fourth-order valence-corrected chi connectivity index (χ4v) is 5.59. The molecule has 0 aliphatic carbocycles. The second-order valence-electron chi connectivity index (χ2n) is 9.34. The third-order valence-electron chi connectivity index (χ3n) is 5.78. The van der Waals surface area contributed by atoms with E-state index in [4.69, 9.17) is 4.53 Å². The van der Waals surface area contributed by atoms with Crippen molar-refractivity contribution in [3.05, 3.63) is 71.1 Å². The maximum absolute atomic E-state index is 13.0. The number of hydroxylamine groups is 1. The molecular formula is C23H30N2O4S2Si. The highest BCUT2D eigenvalue weighted by Gasteiger charge is 2.39. The number of nitrogens with one attached hydrogen (secondary N) is 2. The van der Waals surface area contributed by atoms with Gasteiger partial charge in [-0.25, -0.2) is 13.9 Å². The van der Waals surface area contributed by atoms with Gasteiger partial charge in [0, 0.05) is 4.70 Å². The zero-order valence-corrected chi connectivity index (χ0v) is 21.6. The van der Waals surface area contributed by atoms with Crippen LogP contribution in [-0.2, 0) is 25.1 Å². The van der Waals surface area contributed by atoms with Crippen LogP contribution < -0.4 is 10.2 Å². The molecule has 3 rings (SSSR count). The van der Waals surface area contributed by atoms with Crippen LogP contribution >= 0.6 is 11.3 Å². The van der Waals surface area contributed by atoms with Gasteiger partial charge in [-0.2, -0.15) is 4.72 Å². The fraction of sp³-hybridized carbons (Fsp3) is 0.348. The highest BCUT2D eigenvalue weighted by molar-refractivity contribution is 7.88. The normalized spacial score (nSPS) is 13.8. The van der Waals surface area contributed by atoms with E-state index >= 15 is 0 Å². The summed E-state index contributed by atoms with van der Waals surface area (Å²) in [7, 11) is -6.07. The third-order valence-corrected chi connectivity index (χ3v) is 12.2. The van der Waals surface area contributed by atoms with Crippen molar-refractivity contribution in [2.75, 3.05) is 0 Å². The van der Waals surface area contributed by atoms with Gasteiger partial charge >= 0.3 is 0 Å². The molecule has 172 valence electrons. The molecule has 0 fully saturated rings. The van der Waals surface area contributed by atoms with Crippen molar-refractivity contribution in [3.63, 3.8) is 0 Å². The Hall–Kier alpha value is -2.04. The molecule has 1 unspecified atom stereocenters. The van der Waals surface area contributed by atoms with Crippen molar-refractivity contribution >= 4 is 45.7 Å². The van der Waals surface area contributed by atoms with Gasteiger partial charge in [0.1, 0.15) is 6.04 Å². The maximum Gasteiger partial charge on any atom is 0.265 e. The van der Waals surface area contributed by atoms with E-state index in [1.807, 2.05) is 42.7 Å². The van der Waals surface area contributed by atoms with E-state index in [-0.39, 0.29) is 10.8 Å². The Balaban J connectivity index is 1.80. The van der Waals surface area contributed by atoms with Crippen LogP contribution in [0.3, 0.4) is 0 Å². The van der Waals surface area contributed by atoms with Crippen molar-refractivity contribution in [2.45, 2.75) is 50.7 Å². The summed E-state index contributed by atoms with van der Waals surface area (Å²) in [6, 6.07) is 15.2. The minimum Gasteiger partial charge on any atom is -0.319 e. The number of hydrogen-bond donors (Lipinski definition) is 2. The lowest BCUT2D eigenvalue weighted by Gasteiger charge is -2.35. The SMILES string of the molecule is CC(C)(C)[Si](C)(C)ONC(=O)C(NS(=O)(=O)Cc1ccc2sccc2c1)c1ccccc1. The smallest absolute Gasteiger partial charge is 0.265 e. The molecular weight excluding hydrogens is 460 g/mol. The van der Waals surface area contributed by atoms with Gasteiger partial charge < -0.3 is 4.53 Å². The molecule has 2 aromatic carbocycles. The summed E-state index contributed by atoms with van der Waals surface area (Å²) in [6.45, 7) is 10.2. The summed E-state index contributed by atoms with van der Waals surface area (Å²) in [5.41, 5.74) is 3.74. The van der Waals surface area contributed by atoms with E-state index in [9.17, 15) is 13.2 Å². The minimum atomic E-state index is -3.81. The van der Waals surface area contributed by atoms with Crippen LogP contribution in [0.5, 0.6) is 0 Å². The molecule has 6 nitrogen and oxygen atoms in total. The molecule has 1 amide bonds. The lowest BCUT2D eigenvalue weighted by atomic mass is 10.1. The van der Waals surface area contributed by atoms with Crippen LogP contribution in [0.15, 0.2) is 60.0 Å². The van der Waals surface area contributed by atoms with Crippen LogP contribution in [0.2, 0.25) is 18.1 Å². The van der Waals surface area contributed by atoms with Crippen molar-refractivity contribution in [2.24, 2.45) is 0 Å². The fourth-order valence-electron chi connectivity index (χ4n) is 2.85. The number of sulfonamides is 1. The van der Waals surface area contributed by atoms with E-state index in [0.717, 1.165) is 10.1 Å². The highest BCUT2D eigenvalue weighted by atomic mass is 32.2. The number of carbonyl (C=O) groups is 1. The summed E-state index contributed by atoms with van der Waals surface area (Å²) in [6.07, 6.45) is 0. The number of carbonyl (C=O) groups excluding carboxylic acids is 1. The van der Waals surface area contributed by atoms with E-state index in [1.165, 1.54) is 0 Å². The zero-order chi connectivity index (χ0) is 23.6. The van der Waals surface area contributed by atoms with Crippen LogP contribution in [0.25, 0.3) is 10.1 Å². The molecule has 0 radical (unpaired) electrons. The largest absolute Gasteiger partial charge is 0.319 e. The Bertz CT molecular complexity index is 1190. The number of benzene rings is 2. The third kappa shape index (κ3) is 6.05. The van der Waals surface area contributed by atoms with Gasteiger partial charge in [-0.05, 0) is 58.2 Å². The first-order valence-corrected chi connectivity index (χ1v) is 15.8. The molecule has 0 aliphatic rings. The number of amides is 1. The van der Waals surface area contributed by atoms with E-state index in [1.54, 1.807) is 41.7 Å². The number of thiophene rings is 1. The Labute approximate surface area is 195 Å². The minimum absolute atomic E-state index is 0.109. The first-order valence-electron chi connectivity index (χ1n) is 10.4. The van der Waals surface area contributed by atoms with Crippen LogP contribution in [0.1, 0.15) is 37.9 Å². The predicted molar refractivity (Wildman–Crippen MR) is 133 cm³/mol. The first kappa shape index (κ1) is 24.6.